The van der Waals surface area contributed by atoms with E-state index in [-0.39, 0.29) is 5.92 Å². The maximum Gasteiger partial charge on any atom is 0.248 e. The Morgan fingerprint density at radius 2 is 1.52 bits per heavy atom. The van der Waals surface area contributed by atoms with Crippen molar-refractivity contribution in [3.63, 3.8) is 0 Å². The van der Waals surface area contributed by atoms with E-state index in [0.29, 0.717) is 6.04 Å². The van der Waals surface area contributed by atoms with Crippen LogP contribution in [0.2, 0.25) is 0 Å². The highest BCUT2D eigenvalue weighted by molar-refractivity contribution is 5.82. The van der Waals surface area contributed by atoms with Gasteiger partial charge in [0.05, 0.1) is 12.0 Å². The molecule has 23 heavy (non-hydrogen) atoms. The van der Waals surface area contributed by atoms with Crippen LogP contribution in [-0.4, -0.2) is 11.9 Å². The largest absolute Gasteiger partial charge is 0.291 e. The highest BCUT2D eigenvalue weighted by Crippen LogP contribution is 2.20. The van der Waals surface area contributed by atoms with Gasteiger partial charge in [-0.15, -0.1) is 0 Å². The van der Waals surface area contributed by atoms with E-state index in [1.807, 2.05) is 0 Å². The number of rotatable bonds is 5. The molecule has 1 saturated carbocycles. The van der Waals surface area contributed by atoms with Crippen molar-refractivity contribution in [3.05, 3.63) is 71.8 Å². The van der Waals surface area contributed by atoms with Gasteiger partial charge in [-0.1, -0.05) is 67.1 Å². The van der Waals surface area contributed by atoms with Gasteiger partial charge >= 0.3 is 0 Å². The molecule has 2 nitrogen and oxygen atoms in total. The molecule has 2 heteroatoms. The van der Waals surface area contributed by atoms with E-state index in [1.54, 1.807) is 0 Å². The average Bonchev–Trinajstić information content (AvgIpc) is 2.62. The smallest absolute Gasteiger partial charge is 0.248 e. The van der Waals surface area contributed by atoms with Gasteiger partial charge in [-0.05, 0) is 43.2 Å². The van der Waals surface area contributed by atoms with Crippen LogP contribution in [0.4, 0.5) is 0 Å². The third-order valence-electron chi connectivity index (χ3n) is 4.84. The van der Waals surface area contributed by atoms with E-state index in [9.17, 15) is 0 Å². The topological polar surface area (TPSA) is 40.0 Å². The Morgan fingerprint density at radius 1 is 0.913 bits per heavy atom. The number of hydrogen-bond acceptors (Lipinski definition) is 0. The fourth-order valence-corrected chi connectivity index (χ4v) is 3.53. The van der Waals surface area contributed by atoms with E-state index >= 15 is 0 Å². The molecular weight excluding hydrogens is 280 g/mol. The standard InChI is InChI=1S/C21H26N2/c22-21(23-19-14-8-3-9-15-19)20(18-12-6-2-7-13-18)16-17-10-4-1-5-11-17/h1-2,4-7,10-13,19-20H,3,8-9,14-16H2,(H2,22,23)/p+1/t20-/m0/s1. The lowest BCUT2D eigenvalue weighted by Gasteiger charge is -2.19. The first kappa shape index (κ1) is 15.8. The molecule has 0 saturated heterocycles. The fraction of sp³-hybridized carbons (Fsp3) is 0.381. The van der Waals surface area contributed by atoms with Crippen molar-refractivity contribution < 1.29 is 4.99 Å². The van der Waals surface area contributed by atoms with Crippen LogP contribution in [0.15, 0.2) is 60.7 Å². The summed E-state index contributed by atoms with van der Waals surface area (Å²) in [7, 11) is 0. The molecule has 0 aliphatic heterocycles. The summed E-state index contributed by atoms with van der Waals surface area (Å²) < 4.78 is 0. The van der Waals surface area contributed by atoms with Gasteiger partial charge in [0.2, 0.25) is 5.84 Å². The maximum atomic E-state index is 6.53. The Labute approximate surface area is 139 Å². The third kappa shape index (κ3) is 4.44. The van der Waals surface area contributed by atoms with Crippen LogP contribution in [0.5, 0.6) is 0 Å². The molecule has 0 aromatic heterocycles. The van der Waals surface area contributed by atoms with E-state index < -0.39 is 0 Å². The second kappa shape index (κ2) is 7.96. The summed E-state index contributed by atoms with van der Waals surface area (Å²) in [6.07, 6.45) is 7.43. The van der Waals surface area contributed by atoms with Crippen molar-refractivity contribution in [2.75, 3.05) is 0 Å². The lowest BCUT2D eigenvalue weighted by Crippen LogP contribution is -2.82. The van der Waals surface area contributed by atoms with Crippen molar-refractivity contribution in [3.8, 4) is 0 Å². The van der Waals surface area contributed by atoms with Crippen LogP contribution in [0.1, 0.15) is 49.1 Å². The predicted molar refractivity (Wildman–Crippen MR) is 96.4 cm³/mol. The van der Waals surface area contributed by atoms with Crippen LogP contribution in [0.3, 0.4) is 0 Å². The molecule has 2 aromatic carbocycles. The summed E-state index contributed by atoms with van der Waals surface area (Å²) in [6, 6.07) is 21.8. The van der Waals surface area contributed by atoms with Crippen LogP contribution in [0.25, 0.3) is 0 Å². The first-order chi connectivity index (χ1) is 11.3. The van der Waals surface area contributed by atoms with Crippen molar-refractivity contribution in [2.45, 2.75) is 50.5 Å². The molecule has 1 atom stereocenters. The van der Waals surface area contributed by atoms with Crippen LogP contribution >= 0.6 is 0 Å². The van der Waals surface area contributed by atoms with Gasteiger partial charge < -0.3 is 0 Å². The van der Waals surface area contributed by atoms with Crippen LogP contribution < -0.4 is 10.7 Å². The lowest BCUT2D eigenvalue weighted by molar-refractivity contribution is -0.510. The molecule has 0 radical (unpaired) electrons. The molecule has 1 fully saturated rings. The highest BCUT2D eigenvalue weighted by atomic mass is 14.9. The lowest BCUT2D eigenvalue weighted by atomic mass is 9.90. The summed E-state index contributed by atoms with van der Waals surface area (Å²) in [5.74, 6) is 1.15. The molecular formula is C21H27N2+. The Morgan fingerprint density at radius 3 is 2.17 bits per heavy atom. The highest BCUT2D eigenvalue weighted by Gasteiger charge is 2.23. The molecule has 3 N–H and O–H groups in total. The van der Waals surface area contributed by atoms with E-state index in [4.69, 9.17) is 5.73 Å². The van der Waals surface area contributed by atoms with Gasteiger partial charge in [-0.3, -0.25) is 10.7 Å². The van der Waals surface area contributed by atoms with Crippen molar-refractivity contribution in [2.24, 2.45) is 5.73 Å². The minimum absolute atomic E-state index is 0.223. The Kier molecular flexibility index (Phi) is 5.46. The second-order valence-corrected chi connectivity index (χ2v) is 6.59. The quantitative estimate of drug-likeness (QED) is 0.647. The zero-order valence-electron chi connectivity index (χ0n) is 13.7. The normalized spacial score (nSPS) is 17.8. The molecule has 2 aromatic rings. The molecule has 3 rings (SSSR count). The molecule has 1 aliphatic rings. The summed E-state index contributed by atoms with van der Waals surface area (Å²) >= 11 is 0. The fourth-order valence-electron chi connectivity index (χ4n) is 3.53. The Bertz CT molecular complexity index is 613. The zero-order chi connectivity index (χ0) is 15.9. The van der Waals surface area contributed by atoms with Gasteiger partial charge in [0.1, 0.15) is 0 Å². The van der Waals surface area contributed by atoms with E-state index in [0.717, 1.165) is 12.3 Å². The first-order valence-corrected chi connectivity index (χ1v) is 8.80. The van der Waals surface area contributed by atoms with Crippen LogP contribution in [0, 0.1) is 0 Å². The molecule has 0 amide bonds. The summed E-state index contributed by atoms with van der Waals surface area (Å²) in [6.45, 7) is 0. The maximum absolute atomic E-state index is 6.53. The van der Waals surface area contributed by atoms with Gasteiger partial charge in [0.25, 0.3) is 0 Å². The molecule has 0 spiro atoms. The summed E-state index contributed by atoms with van der Waals surface area (Å²) in [5, 5.41) is 0. The number of nitrogens with two attached hydrogens (primary N) is 1. The summed E-state index contributed by atoms with van der Waals surface area (Å²) in [4.78, 5) is 3.63. The first-order valence-electron chi connectivity index (χ1n) is 8.80. The van der Waals surface area contributed by atoms with Gasteiger partial charge in [-0.25, -0.2) is 0 Å². The third-order valence-corrected chi connectivity index (χ3v) is 4.84. The van der Waals surface area contributed by atoms with E-state index in [2.05, 4.69) is 65.7 Å². The van der Waals surface area contributed by atoms with Crippen molar-refractivity contribution >= 4 is 5.84 Å². The minimum Gasteiger partial charge on any atom is -0.291 e. The molecule has 120 valence electrons. The molecule has 0 bridgehead atoms. The molecule has 0 heterocycles. The average molecular weight is 307 g/mol. The number of amidine groups is 1. The van der Waals surface area contributed by atoms with Crippen LogP contribution in [-0.2, 0) is 6.42 Å². The number of benzene rings is 2. The summed E-state index contributed by atoms with van der Waals surface area (Å²) in [5.41, 5.74) is 9.15. The molecule has 1 aliphatic carbocycles. The van der Waals surface area contributed by atoms with Crippen molar-refractivity contribution in [1.29, 1.82) is 0 Å². The predicted octanol–water partition coefficient (Wildman–Crippen LogP) is 2.78. The Hall–Kier alpha value is -2.09. The van der Waals surface area contributed by atoms with Crippen molar-refractivity contribution in [1.82, 2.24) is 0 Å². The number of hydrogen-bond donors (Lipinski definition) is 2. The minimum atomic E-state index is 0.223. The van der Waals surface area contributed by atoms with Gasteiger partial charge in [0.15, 0.2) is 0 Å². The van der Waals surface area contributed by atoms with E-state index in [1.165, 1.54) is 43.2 Å². The SMILES string of the molecule is NC(=[NH+]C1CCCCC1)[C@@H](Cc1ccccc1)c1ccccc1. The number of nitrogens with one attached hydrogen (secondary N) is 1. The van der Waals surface area contributed by atoms with Gasteiger partial charge in [0, 0.05) is 0 Å². The zero-order valence-corrected chi connectivity index (χ0v) is 13.7. The molecule has 0 unspecified atom stereocenters. The van der Waals surface area contributed by atoms with Gasteiger partial charge in [-0.2, -0.15) is 0 Å². The Balaban J connectivity index is 1.83. The second-order valence-electron chi connectivity index (χ2n) is 6.59. The monoisotopic (exact) mass is 307 g/mol.